The van der Waals surface area contributed by atoms with Gasteiger partial charge in [-0.3, -0.25) is 0 Å². The zero-order valence-electron chi connectivity index (χ0n) is 7.39. The second-order valence-corrected chi connectivity index (χ2v) is 3.08. The third-order valence-electron chi connectivity index (χ3n) is 2.51. The predicted molar refractivity (Wildman–Crippen MR) is 54.1 cm³/mol. The Balaban J connectivity index is 0. The van der Waals surface area contributed by atoms with Crippen LogP contribution in [0.1, 0.15) is 13.3 Å². The summed E-state index contributed by atoms with van der Waals surface area (Å²) in [6.45, 7) is 4.58. The van der Waals surface area contributed by atoms with E-state index in [-0.39, 0.29) is 24.8 Å². The van der Waals surface area contributed by atoms with Gasteiger partial charge in [0, 0.05) is 18.6 Å². The van der Waals surface area contributed by atoms with Gasteiger partial charge in [-0.25, -0.2) is 0 Å². The number of nitrogens with zero attached hydrogens (tertiary/aromatic N) is 1. The first-order valence-corrected chi connectivity index (χ1v) is 3.59. The third-order valence-corrected chi connectivity index (χ3v) is 2.51. The lowest BCUT2D eigenvalue weighted by Gasteiger charge is -2.47. The maximum absolute atomic E-state index is 3.29. The molecule has 0 atom stereocenters. The van der Waals surface area contributed by atoms with Gasteiger partial charge in [-0.1, -0.05) is 6.92 Å². The van der Waals surface area contributed by atoms with Gasteiger partial charge in [0.05, 0.1) is 0 Å². The zero-order valence-corrected chi connectivity index (χ0v) is 9.02. The molecule has 2 nitrogen and oxygen atoms in total. The fraction of sp³-hybridized carbons (Fsp3) is 1.00. The monoisotopic (exact) mass is 200 g/mol. The molecule has 1 aliphatic rings. The highest BCUT2D eigenvalue weighted by Gasteiger charge is 2.36. The summed E-state index contributed by atoms with van der Waals surface area (Å²) in [7, 11) is 4.31. The molecule has 1 fully saturated rings. The lowest BCUT2D eigenvalue weighted by atomic mass is 9.88. The molecule has 1 saturated heterocycles. The molecule has 0 unspecified atom stereocenters. The molecule has 1 aliphatic heterocycles. The van der Waals surface area contributed by atoms with Gasteiger partial charge >= 0.3 is 0 Å². The van der Waals surface area contributed by atoms with E-state index in [1.165, 1.54) is 6.42 Å². The van der Waals surface area contributed by atoms with Gasteiger partial charge in [0.25, 0.3) is 0 Å². The van der Waals surface area contributed by atoms with Crippen LogP contribution in [0.2, 0.25) is 0 Å². The van der Waals surface area contributed by atoms with Gasteiger partial charge in [-0.15, -0.1) is 24.8 Å². The first-order valence-electron chi connectivity index (χ1n) is 3.59. The van der Waals surface area contributed by atoms with Crippen molar-refractivity contribution in [1.82, 2.24) is 10.2 Å². The quantitative estimate of drug-likeness (QED) is 0.720. The van der Waals surface area contributed by atoms with Crippen LogP contribution in [0.15, 0.2) is 0 Å². The van der Waals surface area contributed by atoms with E-state index in [1.807, 2.05) is 0 Å². The Morgan fingerprint density at radius 3 is 1.73 bits per heavy atom. The molecule has 1 N–H and O–H groups in total. The molecule has 70 valence electrons. The summed E-state index contributed by atoms with van der Waals surface area (Å²) in [5.74, 6) is 0. The van der Waals surface area contributed by atoms with E-state index in [9.17, 15) is 0 Å². The van der Waals surface area contributed by atoms with Crippen molar-refractivity contribution in [3.05, 3.63) is 0 Å². The molecular weight excluding hydrogens is 183 g/mol. The van der Waals surface area contributed by atoms with Crippen LogP contribution in [0.5, 0.6) is 0 Å². The van der Waals surface area contributed by atoms with Crippen LogP contribution in [-0.4, -0.2) is 37.6 Å². The highest BCUT2D eigenvalue weighted by molar-refractivity contribution is 5.85. The van der Waals surface area contributed by atoms with Crippen LogP contribution in [0, 0.1) is 0 Å². The van der Waals surface area contributed by atoms with Gasteiger partial charge in [0.1, 0.15) is 0 Å². The molecule has 0 bridgehead atoms. The summed E-state index contributed by atoms with van der Waals surface area (Å²) >= 11 is 0. The van der Waals surface area contributed by atoms with E-state index in [0.717, 1.165) is 13.1 Å². The smallest absolute Gasteiger partial charge is 0.0449 e. The highest BCUT2D eigenvalue weighted by atomic mass is 35.5. The Hall–Kier alpha value is 0.500. The fourth-order valence-electron chi connectivity index (χ4n) is 1.30. The first kappa shape index (κ1) is 14.0. The van der Waals surface area contributed by atoms with Crippen molar-refractivity contribution in [3.63, 3.8) is 0 Å². The second kappa shape index (κ2) is 5.20. The second-order valence-electron chi connectivity index (χ2n) is 3.08. The molecule has 1 rings (SSSR count). The molecule has 0 aliphatic carbocycles. The van der Waals surface area contributed by atoms with Gasteiger partial charge in [-0.05, 0) is 20.5 Å². The van der Waals surface area contributed by atoms with Crippen molar-refractivity contribution < 1.29 is 0 Å². The fourth-order valence-corrected chi connectivity index (χ4v) is 1.30. The molecule has 0 saturated carbocycles. The maximum Gasteiger partial charge on any atom is 0.0449 e. The minimum absolute atomic E-state index is 0. The van der Waals surface area contributed by atoms with E-state index < -0.39 is 0 Å². The molecule has 0 aromatic carbocycles. The van der Waals surface area contributed by atoms with Crippen LogP contribution in [0.4, 0.5) is 0 Å². The number of nitrogens with one attached hydrogen (secondary N) is 1. The van der Waals surface area contributed by atoms with E-state index >= 15 is 0 Å². The molecule has 4 heteroatoms. The Kier molecular flexibility index (Phi) is 6.64. The summed E-state index contributed by atoms with van der Waals surface area (Å²) < 4.78 is 0. The van der Waals surface area contributed by atoms with E-state index in [0.29, 0.717) is 5.54 Å². The molecule has 0 radical (unpaired) electrons. The zero-order chi connectivity index (χ0) is 6.91. The van der Waals surface area contributed by atoms with Gasteiger partial charge in [0.2, 0.25) is 0 Å². The third kappa shape index (κ3) is 2.48. The number of hydrogen-bond donors (Lipinski definition) is 1. The maximum atomic E-state index is 3.29. The summed E-state index contributed by atoms with van der Waals surface area (Å²) in [5.41, 5.74) is 0.486. The molecule has 0 aromatic rings. The molecule has 1 heterocycles. The average Bonchev–Trinajstić information content (AvgIpc) is 1.62. The van der Waals surface area contributed by atoms with E-state index in [2.05, 4.69) is 31.2 Å². The molecule has 0 spiro atoms. The summed E-state index contributed by atoms with van der Waals surface area (Å²) in [5, 5.41) is 3.29. The Bertz CT molecular complexity index is 97.1. The van der Waals surface area contributed by atoms with Crippen LogP contribution in [-0.2, 0) is 0 Å². The average molecular weight is 201 g/mol. The highest BCUT2D eigenvalue weighted by Crippen LogP contribution is 2.20. The van der Waals surface area contributed by atoms with Gasteiger partial charge in [-0.2, -0.15) is 0 Å². The lowest BCUT2D eigenvalue weighted by Crippen LogP contribution is -2.66. The summed E-state index contributed by atoms with van der Waals surface area (Å²) in [6.07, 6.45) is 1.26. The van der Waals surface area contributed by atoms with Crippen LogP contribution in [0.25, 0.3) is 0 Å². The minimum atomic E-state index is 0. The van der Waals surface area contributed by atoms with Crippen molar-refractivity contribution in [3.8, 4) is 0 Å². The van der Waals surface area contributed by atoms with Crippen molar-refractivity contribution in [2.24, 2.45) is 0 Å². The molecule has 0 aromatic heterocycles. The molecule has 11 heavy (non-hydrogen) atoms. The predicted octanol–water partition coefficient (Wildman–Crippen LogP) is 1.14. The lowest BCUT2D eigenvalue weighted by molar-refractivity contribution is 0.0813. The normalized spacial score (nSPS) is 19.6. The van der Waals surface area contributed by atoms with Gasteiger partial charge in [0.15, 0.2) is 0 Å². The van der Waals surface area contributed by atoms with Crippen molar-refractivity contribution in [2.75, 3.05) is 27.2 Å². The topological polar surface area (TPSA) is 15.3 Å². The summed E-state index contributed by atoms with van der Waals surface area (Å²) in [6, 6.07) is 0. The SMILES string of the molecule is CCC1(N(C)C)CNC1.Cl.Cl. The Morgan fingerprint density at radius 2 is 1.73 bits per heavy atom. The van der Waals surface area contributed by atoms with Crippen molar-refractivity contribution >= 4 is 24.8 Å². The van der Waals surface area contributed by atoms with Crippen LogP contribution in [0.3, 0.4) is 0 Å². The number of likely N-dealkylation sites (N-methyl/N-ethyl adjacent to an activating group) is 1. The van der Waals surface area contributed by atoms with Crippen LogP contribution >= 0.6 is 24.8 Å². The van der Waals surface area contributed by atoms with E-state index in [1.54, 1.807) is 0 Å². The standard InChI is InChI=1S/C7H16N2.2ClH/c1-4-7(9(2)3)5-8-6-7;;/h8H,4-6H2,1-3H3;2*1H. The summed E-state index contributed by atoms with van der Waals surface area (Å²) in [4.78, 5) is 2.32. The first-order chi connectivity index (χ1) is 4.21. The number of hydrogen-bond acceptors (Lipinski definition) is 2. The molecule has 0 amide bonds. The minimum Gasteiger partial charge on any atom is -0.313 e. The van der Waals surface area contributed by atoms with Gasteiger partial charge < -0.3 is 10.2 Å². The Morgan fingerprint density at radius 1 is 1.27 bits per heavy atom. The van der Waals surface area contributed by atoms with Crippen LogP contribution < -0.4 is 5.32 Å². The Labute approximate surface area is 81.5 Å². The van der Waals surface area contributed by atoms with Crippen molar-refractivity contribution in [1.29, 1.82) is 0 Å². The molecular formula is C7H18Cl2N2. The van der Waals surface area contributed by atoms with Crippen molar-refractivity contribution in [2.45, 2.75) is 18.9 Å². The largest absolute Gasteiger partial charge is 0.313 e. The van der Waals surface area contributed by atoms with E-state index in [4.69, 9.17) is 0 Å². The number of rotatable bonds is 2. The number of halogens is 2.